The quantitative estimate of drug-likeness (QED) is 0.785. The fourth-order valence-corrected chi connectivity index (χ4v) is 2.37. The molecular weight excluding hydrogens is 274 g/mol. The first-order valence-corrected chi connectivity index (χ1v) is 6.56. The van der Waals surface area contributed by atoms with E-state index < -0.39 is 17.4 Å². The molecular formula is C17H16F2O2. The number of aldehydes is 1. The van der Waals surface area contributed by atoms with Crippen LogP contribution in [0.25, 0.3) is 0 Å². The number of hydrogen-bond acceptors (Lipinski definition) is 2. The molecule has 0 unspecified atom stereocenters. The lowest BCUT2D eigenvalue weighted by Crippen LogP contribution is -2.04. The third-order valence-corrected chi connectivity index (χ3v) is 3.36. The number of carbonyl (C=O) groups excluding carboxylic acids is 1. The molecule has 110 valence electrons. The molecule has 0 aliphatic rings. The number of ether oxygens (including phenoxy) is 1. The van der Waals surface area contributed by atoms with Crippen molar-refractivity contribution in [1.82, 2.24) is 0 Å². The molecule has 21 heavy (non-hydrogen) atoms. The van der Waals surface area contributed by atoms with Crippen LogP contribution in [-0.2, 0) is 6.61 Å². The van der Waals surface area contributed by atoms with Crippen LogP contribution in [0.5, 0.6) is 5.75 Å². The van der Waals surface area contributed by atoms with Gasteiger partial charge in [-0.3, -0.25) is 4.79 Å². The van der Waals surface area contributed by atoms with Gasteiger partial charge in [-0.15, -0.1) is 0 Å². The molecule has 0 N–H and O–H groups in total. The molecule has 0 amide bonds. The number of rotatable bonds is 4. The van der Waals surface area contributed by atoms with Crippen LogP contribution in [-0.4, -0.2) is 6.29 Å². The van der Waals surface area contributed by atoms with Gasteiger partial charge in [-0.05, 0) is 49.6 Å². The van der Waals surface area contributed by atoms with E-state index in [4.69, 9.17) is 4.74 Å². The average Bonchev–Trinajstić information content (AvgIpc) is 2.39. The molecule has 0 radical (unpaired) electrons. The van der Waals surface area contributed by atoms with E-state index in [1.807, 2.05) is 32.9 Å². The van der Waals surface area contributed by atoms with Crippen molar-refractivity contribution in [2.24, 2.45) is 0 Å². The lowest BCUT2D eigenvalue weighted by atomic mass is 10.0. The number of halogens is 2. The van der Waals surface area contributed by atoms with Gasteiger partial charge in [-0.1, -0.05) is 17.7 Å². The standard InChI is InChI=1S/C17H16F2O2/c1-10-4-11(2)14(12(3)5-10)9-21-17-15(18)6-13(8-20)7-16(17)19/h4-8H,9H2,1-3H3. The van der Waals surface area contributed by atoms with Gasteiger partial charge in [-0.2, -0.15) is 0 Å². The second kappa shape index (κ2) is 6.04. The first-order valence-electron chi connectivity index (χ1n) is 6.56. The first-order chi connectivity index (χ1) is 9.92. The minimum absolute atomic E-state index is 0.0555. The Morgan fingerprint density at radius 1 is 1.00 bits per heavy atom. The Balaban J connectivity index is 2.27. The molecule has 0 bridgehead atoms. The maximum atomic E-state index is 13.7. The molecule has 2 aromatic carbocycles. The molecule has 0 saturated carbocycles. The maximum absolute atomic E-state index is 13.7. The lowest BCUT2D eigenvalue weighted by Gasteiger charge is -2.14. The summed E-state index contributed by atoms with van der Waals surface area (Å²) in [5.41, 5.74) is 4.00. The summed E-state index contributed by atoms with van der Waals surface area (Å²) in [6.07, 6.45) is 0.393. The summed E-state index contributed by atoms with van der Waals surface area (Å²) in [5.74, 6) is -2.21. The van der Waals surface area contributed by atoms with Crippen molar-refractivity contribution in [2.45, 2.75) is 27.4 Å². The van der Waals surface area contributed by atoms with Gasteiger partial charge in [-0.25, -0.2) is 8.78 Å². The smallest absolute Gasteiger partial charge is 0.191 e. The van der Waals surface area contributed by atoms with Crippen LogP contribution in [0.2, 0.25) is 0 Å². The Morgan fingerprint density at radius 3 is 2.00 bits per heavy atom. The summed E-state index contributed by atoms with van der Waals surface area (Å²) in [7, 11) is 0. The molecule has 0 saturated heterocycles. The SMILES string of the molecule is Cc1cc(C)c(COc2c(F)cc(C=O)cc2F)c(C)c1. The van der Waals surface area contributed by atoms with Crippen molar-refractivity contribution in [3.05, 3.63) is 63.7 Å². The van der Waals surface area contributed by atoms with Gasteiger partial charge in [0.2, 0.25) is 0 Å². The summed E-state index contributed by atoms with van der Waals surface area (Å²) >= 11 is 0. The van der Waals surface area contributed by atoms with Crippen LogP contribution >= 0.6 is 0 Å². The van der Waals surface area contributed by atoms with E-state index in [-0.39, 0.29) is 12.2 Å². The van der Waals surface area contributed by atoms with Crippen molar-refractivity contribution in [2.75, 3.05) is 0 Å². The van der Waals surface area contributed by atoms with Crippen molar-refractivity contribution >= 4 is 6.29 Å². The largest absolute Gasteiger partial charge is 0.483 e. The van der Waals surface area contributed by atoms with E-state index in [1.54, 1.807) is 0 Å². The van der Waals surface area contributed by atoms with Gasteiger partial charge in [0, 0.05) is 5.56 Å². The maximum Gasteiger partial charge on any atom is 0.191 e. The van der Waals surface area contributed by atoms with Crippen molar-refractivity contribution in [3.8, 4) is 5.75 Å². The van der Waals surface area contributed by atoms with Crippen LogP contribution in [0.4, 0.5) is 8.78 Å². The van der Waals surface area contributed by atoms with Gasteiger partial charge in [0.1, 0.15) is 12.9 Å². The molecule has 2 rings (SSSR count). The summed E-state index contributed by atoms with van der Waals surface area (Å²) < 4.78 is 32.8. The predicted molar refractivity (Wildman–Crippen MR) is 76.7 cm³/mol. The zero-order valence-electron chi connectivity index (χ0n) is 12.2. The Bertz CT molecular complexity index is 647. The summed E-state index contributed by atoms with van der Waals surface area (Å²) in [4.78, 5) is 10.5. The molecule has 0 aromatic heterocycles. The highest BCUT2D eigenvalue weighted by molar-refractivity contribution is 5.75. The van der Waals surface area contributed by atoms with E-state index in [0.29, 0.717) is 6.29 Å². The van der Waals surface area contributed by atoms with Gasteiger partial charge in [0.25, 0.3) is 0 Å². The Labute approximate surface area is 122 Å². The number of carbonyl (C=O) groups is 1. The van der Waals surface area contributed by atoms with Crippen molar-refractivity contribution in [3.63, 3.8) is 0 Å². The molecule has 4 heteroatoms. The monoisotopic (exact) mass is 290 g/mol. The Kier molecular flexibility index (Phi) is 4.36. The molecule has 2 aromatic rings. The minimum Gasteiger partial charge on any atom is -0.483 e. The highest BCUT2D eigenvalue weighted by Crippen LogP contribution is 2.25. The molecule has 0 aliphatic heterocycles. The molecule has 0 spiro atoms. The van der Waals surface area contributed by atoms with E-state index in [0.717, 1.165) is 34.4 Å². The fraction of sp³-hybridized carbons (Fsp3) is 0.235. The second-order valence-electron chi connectivity index (χ2n) is 5.10. The molecule has 0 aliphatic carbocycles. The third kappa shape index (κ3) is 3.27. The zero-order chi connectivity index (χ0) is 15.6. The highest BCUT2D eigenvalue weighted by atomic mass is 19.1. The van der Waals surface area contributed by atoms with Crippen LogP contribution in [0.1, 0.15) is 32.6 Å². The number of benzene rings is 2. The summed E-state index contributed by atoms with van der Waals surface area (Å²) in [5, 5.41) is 0. The van der Waals surface area contributed by atoms with Gasteiger partial charge in [0.05, 0.1) is 0 Å². The number of hydrogen-bond donors (Lipinski definition) is 0. The van der Waals surface area contributed by atoms with E-state index in [9.17, 15) is 13.6 Å². The molecule has 2 nitrogen and oxygen atoms in total. The van der Waals surface area contributed by atoms with E-state index >= 15 is 0 Å². The van der Waals surface area contributed by atoms with Crippen LogP contribution < -0.4 is 4.74 Å². The number of aryl methyl sites for hydroxylation is 3. The van der Waals surface area contributed by atoms with Gasteiger partial charge < -0.3 is 4.74 Å². The minimum atomic E-state index is -0.875. The normalized spacial score (nSPS) is 10.5. The van der Waals surface area contributed by atoms with Crippen molar-refractivity contribution in [1.29, 1.82) is 0 Å². The van der Waals surface area contributed by atoms with Crippen molar-refractivity contribution < 1.29 is 18.3 Å². The van der Waals surface area contributed by atoms with Crippen LogP contribution in [0.3, 0.4) is 0 Å². The summed E-state index contributed by atoms with van der Waals surface area (Å²) in [6, 6.07) is 5.91. The molecule has 0 atom stereocenters. The molecule has 0 fully saturated rings. The van der Waals surface area contributed by atoms with Gasteiger partial charge in [0.15, 0.2) is 17.4 Å². The van der Waals surface area contributed by atoms with Crippen LogP contribution in [0.15, 0.2) is 24.3 Å². The zero-order valence-corrected chi connectivity index (χ0v) is 12.2. The topological polar surface area (TPSA) is 26.3 Å². The van der Waals surface area contributed by atoms with E-state index in [1.165, 1.54) is 0 Å². The van der Waals surface area contributed by atoms with Crippen LogP contribution in [0, 0.1) is 32.4 Å². The Morgan fingerprint density at radius 2 is 1.52 bits per heavy atom. The van der Waals surface area contributed by atoms with Gasteiger partial charge >= 0.3 is 0 Å². The Hall–Kier alpha value is -2.23. The summed E-state index contributed by atoms with van der Waals surface area (Å²) in [6.45, 7) is 5.93. The van der Waals surface area contributed by atoms with E-state index in [2.05, 4.69) is 0 Å². The predicted octanol–water partition coefficient (Wildman–Crippen LogP) is 4.28. The first kappa shape index (κ1) is 15.2. The average molecular weight is 290 g/mol. The molecule has 0 heterocycles. The highest BCUT2D eigenvalue weighted by Gasteiger charge is 2.14. The second-order valence-corrected chi connectivity index (χ2v) is 5.10. The lowest BCUT2D eigenvalue weighted by molar-refractivity contribution is 0.112. The fourth-order valence-electron chi connectivity index (χ4n) is 2.37. The third-order valence-electron chi connectivity index (χ3n) is 3.36.